The van der Waals surface area contributed by atoms with Gasteiger partial charge >= 0.3 is 0 Å². The fourth-order valence-corrected chi connectivity index (χ4v) is 6.81. The molecule has 4 rings (SSSR count). The number of likely N-dealkylation sites (tertiary alicyclic amines) is 1. The third kappa shape index (κ3) is 5.49. The number of hydrogen-bond acceptors (Lipinski definition) is 5. The van der Waals surface area contributed by atoms with E-state index in [0.29, 0.717) is 19.5 Å². The maximum atomic E-state index is 14.0. The molecule has 2 saturated carbocycles. The summed E-state index contributed by atoms with van der Waals surface area (Å²) >= 11 is 0. The van der Waals surface area contributed by atoms with E-state index in [1.165, 1.54) is 0 Å². The number of fused-ring (bicyclic) bond motifs is 1. The summed E-state index contributed by atoms with van der Waals surface area (Å²) in [6, 6.07) is -0.109. The highest BCUT2D eigenvalue weighted by molar-refractivity contribution is 5.94. The first-order valence-electron chi connectivity index (χ1n) is 13.9. The number of rotatable bonds is 7. The van der Waals surface area contributed by atoms with Crippen LogP contribution in [0.3, 0.4) is 0 Å². The Bertz CT molecular complexity index is 974. The second-order valence-electron chi connectivity index (χ2n) is 13.2. The number of amides is 4. The lowest BCUT2D eigenvalue weighted by molar-refractivity contribution is -0.146. The molecule has 2 aliphatic carbocycles. The molecule has 9 heteroatoms. The highest BCUT2D eigenvalue weighted by atomic mass is 16.2. The molecule has 0 spiro atoms. The fourth-order valence-electron chi connectivity index (χ4n) is 6.81. The van der Waals surface area contributed by atoms with Gasteiger partial charge in [0.1, 0.15) is 18.1 Å². The number of nitrogens with one attached hydrogen (secondary N) is 3. The van der Waals surface area contributed by atoms with E-state index >= 15 is 0 Å². The second-order valence-corrected chi connectivity index (χ2v) is 13.2. The van der Waals surface area contributed by atoms with Crippen molar-refractivity contribution in [3.63, 3.8) is 0 Å². The van der Waals surface area contributed by atoms with E-state index in [4.69, 9.17) is 0 Å². The van der Waals surface area contributed by atoms with Crippen LogP contribution in [0.4, 0.5) is 0 Å². The number of carbonyl (C=O) groups excluding carboxylic acids is 4. The van der Waals surface area contributed by atoms with Crippen LogP contribution in [0.5, 0.6) is 0 Å². The molecule has 204 valence electrons. The van der Waals surface area contributed by atoms with Crippen LogP contribution in [0.25, 0.3) is 0 Å². The summed E-state index contributed by atoms with van der Waals surface area (Å²) in [6.45, 7) is 11.1. The minimum atomic E-state index is -0.802. The van der Waals surface area contributed by atoms with Gasteiger partial charge in [0.15, 0.2) is 0 Å². The first-order chi connectivity index (χ1) is 17.4. The standard InChI is InChI=1S/C28H43N5O4/c1-27(2,3)22(32-24(35)16-9-7-6-8-10-16)26(37)33-15-19-20(28(19,4)5)21(33)25(36)31-18(14-29)13-17-11-12-30-23(17)34/h16-22H,6-13,15H2,1-5H3,(H,30,34)(H,31,36)(H,32,35)/t17-,18-,19-,20-,21-,22+/m0/s1. The molecule has 2 heterocycles. The summed E-state index contributed by atoms with van der Waals surface area (Å²) in [5, 5.41) is 18.4. The van der Waals surface area contributed by atoms with Crippen LogP contribution in [0, 0.1) is 45.8 Å². The van der Waals surface area contributed by atoms with Gasteiger partial charge in [0.05, 0.1) is 6.07 Å². The number of piperidine rings is 1. The van der Waals surface area contributed by atoms with Crippen molar-refractivity contribution in [3.8, 4) is 6.07 Å². The molecule has 6 atom stereocenters. The van der Waals surface area contributed by atoms with Crippen LogP contribution in [0.1, 0.15) is 79.6 Å². The molecule has 0 aromatic heterocycles. The maximum absolute atomic E-state index is 14.0. The van der Waals surface area contributed by atoms with E-state index < -0.39 is 23.5 Å². The molecule has 2 saturated heterocycles. The second kappa shape index (κ2) is 10.3. The Morgan fingerprint density at radius 2 is 1.78 bits per heavy atom. The minimum absolute atomic E-state index is 0.000219. The van der Waals surface area contributed by atoms with Gasteiger partial charge in [0.25, 0.3) is 0 Å². The van der Waals surface area contributed by atoms with Crippen LogP contribution in [-0.4, -0.2) is 59.7 Å². The van der Waals surface area contributed by atoms with Gasteiger partial charge in [0, 0.05) is 24.9 Å². The Labute approximate surface area is 220 Å². The van der Waals surface area contributed by atoms with Crippen molar-refractivity contribution in [1.82, 2.24) is 20.9 Å². The number of carbonyl (C=O) groups is 4. The summed E-state index contributed by atoms with van der Waals surface area (Å²) in [5.74, 6) is -0.901. The van der Waals surface area contributed by atoms with Crippen LogP contribution in [-0.2, 0) is 19.2 Å². The molecule has 0 unspecified atom stereocenters. The van der Waals surface area contributed by atoms with Gasteiger partial charge < -0.3 is 20.9 Å². The summed E-state index contributed by atoms with van der Waals surface area (Å²) in [4.78, 5) is 54.4. The van der Waals surface area contributed by atoms with Crippen molar-refractivity contribution in [2.24, 2.45) is 34.5 Å². The van der Waals surface area contributed by atoms with Gasteiger partial charge in [-0.2, -0.15) is 5.26 Å². The van der Waals surface area contributed by atoms with Gasteiger partial charge in [-0.15, -0.1) is 0 Å². The van der Waals surface area contributed by atoms with Gasteiger partial charge in [-0.1, -0.05) is 53.9 Å². The van der Waals surface area contributed by atoms with E-state index in [1.54, 1.807) is 4.90 Å². The minimum Gasteiger partial charge on any atom is -0.356 e. The first kappa shape index (κ1) is 27.4. The lowest BCUT2D eigenvalue weighted by atomic mass is 9.83. The van der Waals surface area contributed by atoms with Crippen molar-refractivity contribution < 1.29 is 19.2 Å². The lowest BCUT2D eigenvalue weighted by Gasteiger charge is -2.38. The molecule has 2 aliphatic heterocycles. The van der Waals surface area contributed by atoms with E-state index in [2.05, 4.69) is 35.9 Å². The Morgan fingerprint density at radius 3 is 2.35 bits per heavy atom. The summed E-state index contributed by atoms with van der Waals surface area (Å²) in [5.41, 5.74) is -0.607. The van der Waals surface area contributed by atoms with Crippen molar-refractivity contribution in [3.05, 3.63) is 0 Å². The summed E-state index contributed by atoms with van der Waals surface area (Å²) in [7, 11) is 0. The average molecular weight is 514 g/mol. The van der Waals surface area contributed by atoms with Crippen LogP contribution >= 0.6 is 0 Å². The first-order valence-corrected chi connectivity index (χ1v) is 13.9. The Hall–Kier alpha value is -2.63. The SMILES string of the molecule is CC(C)(C)[C@H](NC(=O)C1CCCCC1)C(=O)N1C[C@H]2[C@@H]([C@H]1C(=O)N[C@H](C#N)C[C@@H]1CCNC1=O)C2(C)C. The third-order valence-corrected chi connectivity index (χ3v) is 9.29. The predicted molar refractivity (Wildman–Crippen MR) is 138 cm³/mol. The third-order valence-electron chi connectivity index (χ3n) is 9.29. The van der Waals surface area contributed by atoms with Crippen molar-refractivity contribution >= 4 is 23.6 Å². The van der Waals surface area contributed by atoms with Crippen molar-refractivity contribution in [2.75, 3.05) is 13.1 Å². The number of nitrogens with zero attached hydrogens (tertiary/aromatic N) is 2. The molecule has 4 aliphatic rings. The van der Waals surface area contributed by atoms with Crippen LogP contribution in [0.2, 0.25) is 0 Å². The van der Waals surface area contributed by atoms with Crippen molar-refractivity contribution in [2.45, 2.75) is 97.7 Å². The topological polar surface area (TPSA) is 131 Å². The Kier molecular flexibility index (Phi) is 7.60. The zero-order valence-electron chi connectivity index (χ0n) is 22.9. The molecular weight excluding hydrogens is 470 g/mol. The molecule has 3 N–H and O–H groups in total. The van der Waals surface area contributed by atoms with Gasteiger partial charge in [-0.3, -0.25) is 19.2 Å². The van der Waals surface area contributed by atoms with Gasteiger partial charge in [-0.05, 0) is 48.3 Å². The quantitative estimate of drug-likeness (QED) is 0.480. The summed E-state index contributed by atoms with van der Waals surface area (Å²) in [6.07, 6.45) is 5.80. The molecule has 4 fully saturated rings. The highest BCUT2D eigenvalue weighted by Crippen LogP contribution is 2.65. The van der Waals surface area contributed by atoms with E-state index in [1.807, 2.05) is 20.8 Å². The monoisotopic (exact) mass is 513 g/mol. The van der Waals surface area contributed by atoms with Crippen molar-refractivity contribution in [1.29, 1.82) is 5.26 Å². The molecule has 0 aromatic carbocycles. The number of nitriles is 1. The van der Waals surface area contributed by atoms with E-state index in [0.717, 1.165) is 32.1 Å². The summed E-state index contributed by atoms with van der Waals surface area (Å²) < 4.78 is 0. The Balaban J connectivity index is 1.50. The number of hydrogen-bond donors (Lipinski definition) is 3. The highest BCUT2D eigenvalue weighted by Gasteiger charge is 2.69. The van der Waals surface area contributed by atoms with E-state index in [9.17, 15) is 24.4 Å². The molecule has 37 heavy (non-hydrogen) atoms. The predicted octanol–water partition coefficient (Wildman–Crippen LogP) is 2.12. The normalized spacial score (nSPS) is 30.5. The average Bonchev–Trinajstić information content (AvgIpc) is 3.20. The molecule has 0 radical (unpaired) electrons. The zero-order valence-corrected chi connectivity index (χ0v) is 22.9. The smallest absolute Gasteiger partial charge is 0.246 e. The Morgan fingerprint density at radius 1 is 1.11 bits per heavy atom. The molecule has 9 nitrogen and oxygen atoms in total. The lowest BCUT2D eigenvalue weighted by Crippen LogP contribution is -2.60. The van der Waals surface area contributed by atoms with E-state index in [-0.39, 0.29) is 59.1 Å². The van der Waals surface area contributed by atoms with Crippen LogP contribution < -0.4 is 16.0 Å². The van der Waals surface area contributed by atoms with Crippen LogP contribution in [0.15, 0.2) is 0 Å². The van der Waals surface area contributed by atoms with Gasteiger partial charge in [0.2, 0.25) is 23.6 Å². The fraction of sp³-hybridized carbons (Fsp3) is 0.821. The maximum Gasteiger partial charge on any atom is 0.246 e. The molecule has 0 aromatic rings. The largest absolute Gasteiger partial charge is 0.356 e. The molecule has 4 amide bonds. The zero-order chi connectivity index (χ0) is 27.1. The molecule has 0 bridgehead atoms. The molecular formula is C28H43N5O4. The van der Waals surface area contributed by atoms with Gasteiger partial charge in [-0.25, -0.2) is 0 Å².